The van der Waals surface area contributed by atoms with Crippen molar-refractivity contribution in [2.45, 2.75) is 0 Å². The van der Waals surface area contributed by atoms with Gasteiger partial charge in [-0.05, 0) is 28.1 Å². The van der Waals surface area contributed by atoms with E-state index in [9.17, 15) is 4.79 Å². The molecule has 0 aliphatic carbocycles. The van der Waals surface area contributed by atoms with Crippen molar-refractivity contribution >= 4 is 27.6 Å². The highest BCUT2D eigenvalue weighted by Crippen LogP contribution is 2.30. The summed E-state index contributed by atoms with van der Waals surface area (Å²) in [5.74, 6) is 0.632. The van der Waals surface area contributed by atoms with Crippen LogP contribution in [0.15, 0.2) is 22.7 Å². The Hall–Kier alpha value is -1.43. The minimum absolute atomic E-state index is 0.0336. The van der Waals surface area contributed by atoms with Crippen LogP contribution in [0.2, 0.25) is 0 Å². The van der Waals surface area contributed by atoms with Crippen LogP contribution in [0.3, 0.4) is 0 Å². The Bertz CT molecular complexity index is 405. The number of amides is 2. The van der Waals surface area contributed by atoms with Gasteiger partial charge in [-0.25, -0.2) is 4.79 Å². The number of hydrogen-bond acceptors (Lipinski definition) is 3. The lowest BCUT2D eigenvalue weighted by molar-refractivity contribution is 0.202. The zero-order valence-corrected chi connectivity index (χ0v) is 10.9. The standard InChI is InChI=1S/C11H14BrN3O2/c12-8-2-1-3-9(13)10(8)17-7-6-15-5-4-14-11(15)16/h1-3H,4-7,13H2,(H,14,16). The molecule has 5 nitrogen and oxygen atoms in total. The molecule has 0 radical (unpaired) electrons. The van der Waals surface area contributed by atoms with Crippen molar-refractivity contribution < 1.29 is 9.53 Å². The van der Waals surface area contributed by atoms with Crippen LogP contribution in [0, 0.1) is 0 Å². The van der Waals surface area contributed by atoms with Gasteiger partial charge in [0.25, 0.3) is 0 Å². The number of nitrogen functional groups attached to an aromatic ring is 1. The van der Waals surface area contributed by atoms with Gasteiger partial charge in [-0.15, -0.1) is 0 Å². The van der Waals surface area contributed by atoms with Crippen molar-refractivity contribution in [3.05, 3.63) is 22.7 Å². The minimum Gasteiger partial charge on any atom is -0.488 e. The van der Waals surface area contributed by atoms with Gasteiger partial charge in [-0.1, -0.05) is 6.07 Å². The number of hydrogen-bond donors (Lipinski definition) is 2. The summed E-state index contributed by atoms with van der Waals surface area (Å²) in [6, 6.07) is 5.46. The van der Waals surface area contributed by atoms with E-state index < -0.39 is 0 Å². The largest absolute Gasteiger partial charge is 0.488 e. The molecule has 1 aliphatic rings. The smallest absolute Gasteiger partial charge is 0.317 e. The van der Waals surface area contributed by atoms with Gasteiger partial charge in [-0.3, -0.25) is 0 Å². The first kappa shape index (κ1) is 12.0. The molecule has 0 saturated carbocycles. The summed E-state index contributed by atoms with van der Waals surface area (Å²) in [4.78, 5) is 13.0. The summed E-state index contributed by atoms with van der Waals surface area (Å²) in [7, 11) is 0. The van der Waals surface area contributed by atoms with E-state index in [4.69, 9.17) is 10.5 Å². The molecule has 2 rings (SSSR count). The van der Waals surface area contributed by atoms with E-state index in [1.807, 2.05) is 12.1 Å². The Labute approximate surface area is 108 Å². The van der Waals surface area contributed by atoms with Gasteiger partial charge in [0.05, 0.1) is 16.7 Å². The molecule has 1 aromatic rings. The molecule has 2 amide bonds. The second-order valence-electron chi connectivity index (χ2n) is 3.73. The fourth-order valence-corrected chi connectivity index (χ4v) is 2.16. The second kappa shape index (κ2) is 5.27. The maximum atomic E-state index is 11.3. The van der Waals surface area contributed by atoms with Crippen LogP contribution < -0.4 is 15.8 Å². The number of carbonyl (C=O) groups is 1. The summed E-state index contributed by atoms with van der Waals surface area (Å²) < 4.78 is 6.41. The maximum absolute atomic E-state index is 11.3. The van der Waals surface area contributed by atoms with E-state index >= 15 is 0 Å². The number of urea groups is 1. The van der Waals surface area contributed by atoms with Gasteiger partial charge in [0, 0.05) is 13.1 Å². The van der Waals surface area contributed by atoms with Crippen LogP contribution in [0.25, 0.3) is 0 Å². The Morgan fingerprint density at radius 2 is 2.35 bits per heavy atom. The third kappa shape index (κ3) is 2.82. The Morgan fingerprint density at radius 1 is 1.53 bits per heavy atom. The van der Waals surface area contributed by atoms with Crippen LogP contribution in [0.5, 0.6) is 5.75 Å². The first-order chi connectivity index (χ1) is 8.18. The van der Waals surface area contributed by atoms with Gasteiger partial charge in [-0.2, -0.15) is 0 Å². The van der Waals surface area contributed by atoms with Gasteiger partial charge >= 0.3 is 6.03 Å². The molecule has 17 heavy (non-hydrogen) atoms. The molecular formula is C11H14BrN3O2. The molecule has 1 aromatic carbocycles. The zero-order chi connectivity index (χ0) is 12.3. The maximum Gasteiger partial charge on any atom is 0.317 e. The average Bonchev–Trinajstić information content (AvgIpc) is 2.69. The lowest BCUT2D eigenvalue weighted by Gasteiger charge is -2.15. The molecule has 1 fully saturated rings. The minimum atomic E-state index is -0.0336. The van der Waals surface area contributed by atoms with Crippen LogP contribution >= 0.6 is 15.9 Å². The predicted octanol–water partition coefficient (Wildman–Crippen LogP) is 1.44. The molecule has 0 aromatic heterocycles. The van der Waals surface area contributed by atoms with Crippen molar-refractivity contribution in [3.63, 3.8) is 0 Å². The topological polar surface area (TPSA) is 67.6 Å². The third-order valence-corrected chi connectivity index (χ3v) is 3.17. The van der Waals surface area contributed by atoms with Crippen molar-refractivity contribution in [2.24, 2.45) is 0 Å². The molecule has 6 heteroatoms. The quantitative estimate of drug-likeness (QED) is 0.827. The van der Waals surface area contributed by atoms with E-state index in [2.05, 4.69) is 21.2 Å². The molecule has 1 saturated heterocycles. The summed E-state index contributed by atoms with van der Waals surface area (Å²) in [6.07, 6.45) is 0. The van der Waals surface area contributed by atoms with Gasteiger partial charge in [0.2, 0.25) is 0 Å². The lowest BCUT2D eigenvalue weighted by Crippen LogP contribution is -2.31. The molecule has 0 spiro atoms. The number of rotatable bonds is 4. The number of benzene rings is 1. The molecular weight excluding hydrogens is 286 g/mol. The van der Waals surface area contributed by atoms with Crippen molar-refractivity contribution in [2.75, 3.05) is 32.0 Å². The highest BCUT2D eigenvalue weighted by atomic mass is 79.9. The molecule has 0 unspecified atom stereocenters. The van der Waals surface area contributed by atoms with Crippen molar-refractivity contribution in [1.82, 2.24) is 10.2 Å². The number of nitrogens with zero attached hydrogens (tertiary/aromatic N) is 1. The molecule has 0 atom stereocenters. The number of halogens is 1. The summed E-state index contributed by atoms with van der Waals surface area (Å²) in [5, 5.41) is 2.74. The molecule has 92 valence electrons. The van der Waals surface area contributed by atoms with E-state index in [0.717, 1.165) is 11.0 Å². The van der Waals surface area contributed by atoms with Crippen LogP contribution in [-0.4, -0.2) is 37.2 Å². The van der Waals surface area contributed by atoms with E-state index in [1.165, 1.54) is 0 Å². The predicted molar refractivity (Wildman–Crippen MR) is 69.0 cm³/mol. The van der Waals surface area contributed by atoms with E-state index in [1.54, 1.807) is 11.0 Å². The van der Waals surface area contributed by atoms with Crippen LogP contribution in [-0.2, 0) is 0 Å². The number of anilines is 1. The second-order valence-corrected chi connectivity index (χ2v) is 4.58. The normalized spacial score (nSPS) is 14.9. The first-order valence-electron chi connectivity index (χ1n) is 5.38. The zero-order valence-electron chi connectivity index (χ0n) is 9.28. The monoisotopic (exact) mass is 299 g/mol. The summed E-state index contributed by atoms with van der Waals surface area (Å²) in [5.41, 5.74) is 6.38. The first-order valence-corrected chi connectivity index (χ1v) is 6.17. The highest BCUT2D eigenvalue weighted by Gasteiger charge is 2.18. The molecule has 0 bridgehead atoms. The number of nitrogens with one attached hydrogen (secondary N) is 1. The van der Waals surface area contributed by atoms with Gasteiger partial charge < -0.3 is 20.7 Å². The third-order valence-electron chi connectivity index (χ3n) is 2.55. The summed E-state index contributed by atoms with van der Waals surface area (Å²) >= 11 is 3.37. The SMILES string of the molecule is Nc1cccc(Br)c1OCCN1CCNC1=O. The van der Waals surface area contributed by atoms with Crippen molar-refractivity contribution in [1.29, 1.82) is 0 Å². The summed E-state index contributed by atoms with van der Waals surface area (Å²) in [6.45, 7) is 2.43. The van der Waals surface area contributed by atoms with Crippen molar-refractivity contribution in [3.8, 4) is 5.75 Å². The van der Waals surface area contributed by atoms with Crippen LogP contribution in [0.1, 0.15) is 0 Å². The fourth-order valence-electron chi connectivity index (χ4n) is 1.66. The van der Waals surface area contributed by atoms with Crippen LogP contribution in [0.4, 0.5) is 10.5 Å². The fraction of sp³-hybridized carbons (Fsp3) is 0.364. The molecule has 3 N–H and O–H groups in total. The Morgan fingerprint density at radius 3 is 3.00 bits per heavy atom. The van der Waals surface area contributed by atoms with E-state index in [-0.39, 0.29) is 6.03 Å². The van der Waals surface area contributed by atoms with Gasteiger partial charge in [0.1, 0.15) is 6.61 Å². The Kier molecular flexibility index (Phi) is 3.73. The molecule has 1 heterocycles. The molecule has 1 aliphatic heterocycles. The number of para-hydroxylation sites is 1. The lowest BCUT2D eigenvalue weighted by atomic mass is 10.3. The number of carbonyl (C=O) groups excluding carboxylic acids is 1. The number of ether oxygens (including phenoxy) is 1. The Balaban J connectivity index is 1.88. The van der Waals surface area contributed by atoms with Gasteiger partial charge in [0.15, 0.2) is 5.75 Å². The van der Waals surface area contributed by atoms with E-state index in [0.29, 0.717) is 31.1 Å². The number of nitrogens with two attached hydrogens (primary N) is 1. The highest BCUT2D eigenvalue weighted by molar-refractivity contribution is 9.10. The average molecular weight is 300 g/mol.